The maximum atomic E-state index is 14.1. The van der Waals surface area contributed by atoms with Gasteiger partial charge in [-0.2, -0.15) is 0 Å². The van der Waals surface area contributed by atoms with Crippen molar-refractivity contribution in [3.05, 3.63) is 29.6 Å². The molecule has 0 amide bonds. The summed E-state index contributed by atoms with van der Waals surface area (Å²) in [5.74, 6) is 0.636. The Morgan fingerprint density at radius 1 is 1.42 bits per heavy atom. The van der Waals surface area contributed by atoms with Gasteiger partial charge in [-0.1, -0.05) is 13.0 Å². The summed E-state index contributed by atoms with van der Waals surface area (Å²) < 4.78 is 14.1. The Morgan fingerprint density at radius 3 is 2.79 bits per heavy atom. The highest BCUT2D eigenvalue weighted by atomic mass is 19.1. The van der Waals surface area contributed by atoms with Crippen molar-refractivity contribution in [2.75, 3.05) is 11.4 Å². The molecule has 3 heteroatoms. The quantitative estimate of drug-likeness (QED) is 0.907. The smallest absolute Gasteiger partial charge is 0.128 e. The summed E-state index contributed by atoms with van der Waals surface area (Å²) in [6, 6.07) is 5.83. The highest BCUT2D eigenvalue weighted by Gasteiger charge is 2.25. The van der Waals surface area contributed by atoms with Crippen molar-refractivity contribution >= 4 is 5.69 Å². The predicted molar refractivity (Wildman–Crippen MR) is 79.0 cm³/mol. The van der Waals surface area contributed by atoms with Crippen molar-refractivity contribution in [2.45, 2.75) is 52.1 Å². The average Bonchev–Trinajstić information content (AvgIpc) is 2.32. The van der Waals surface area contributed by atoms with Gasteiger partial charge in [0.15, 0.2) is 0 Å². The second-order valence-electron chi connectivity index (χ2n) is 6.09. The molecule has 19 heavy (non-hydrogen) atoms. The summed E-state index contributed by atoms with van der Waals surface area (Å²) in [6.07, 6.45) is 2.95. The Morgan fingerprint density at radius 2 is 2.16 bits per heavy atom. The number of hydrogen-bond acceptors (Lipinski definition) is 2. The lowest BCUT2D eigenvalue weighted by Gasteiger charge is -2.39. The van der Waals surface area contributed by atoms with Crippen LogP contribution in [0.2, 0.25) is 0 Å². The van der Waals surface area contributed by atoms with Gasteiger partial charge in [-0.15, -0.1) is 0 Å². The normalized spacial score (nSPS) is 25.4. The Labute approximate surface area is 115 Å². The van der Waals surface area contributed by atoms with Gasteiger partial charge in [-0.05, 0) is 51.2 Å². The van der Waals surface area contributed by atoms with E-state index in [1.807, 2.05) is 13.0 Å². The molecule has 3 atom stereocenters. The SMILES string of the molecule is CC(N)Cc1c(F)cccc1N1CCC(C)CC1C. The molecule has 1 saturated heterocycles. The van der Waals surface area contributed by atoms with Gasteiger partial charge >= 0.3 is 0 Å². The molecule has 0 saturated carbocycles. The van der Waals surface area contributed by atoms with E-state index in [9.17, 15) is 4.39 Å². The molecule has 0 aliphatic carbocycles. The van der Waals surface area contributed by atoms with E-state index in [2.05, 4.69) is 18.7 Å². The van der Waals surface area contributed by atoms with Gasteiger partial charge in [-0.25, -0.2) is 4.39 Å². The topological polar surface area (TPSA) is 29.3 Å². The van der Waals surface area contributed by atoms with Crippen LogP contribution in [0.3, 0.4) is 0 Å². The fourth-order valence-electron chi connectivity index (χ4n) is 3.11. The molecule has 0 bridgehead atoms. The molecule has 106 valence electrons. The van der Waals surface area contributed by atoms with E-state index in [1.165, 1.54) is 12.8 Å². The van der Waals surface area contributed by atoms with Crippen LogP contribution < -0.4 is 10.6 Å². The van der Waals surface area contributed by atoms with Crippen molar-refractivity contribution in [3.8, 4) is 0 Å². The predicted octanol–water partition coefficient (Wildman–Crippen LogP) is 3.34. The monoisotopic (exact) mass is 264 g/mol. The highest BCUT2D eigenvalue weighted by molar-refractivity contribution is 5.55. The number of hydrogen-bond donors (Lipinski definition) is 1. The van der Waals surface area contributed by atoms with E-state index >= 15 is 0 Å². The molecule has 1 fully saturated rings. The zero-order valence-electron chi connectivity index (χ0n) is 12.2. The highest BCUT2D eigenvalue weighted by Crippen LogP contribution is 2.31. The molecule has 1 heterocycles. The fourth-order valence-corrected chi connectivity index (χ4v) is 3.11. The van der Waals surface area contributed by atoms with Crippen LogP contribution in [-0.2, 0) is 6.42 Å². The lowest BCUT2D eigenvalue weighted by Crippen LogP contribution is -2.41. The minimum atomic E-state index is -0.124. The van der Waals surface area contributed by atoms with Crippen LogP contribution >= 0.6 is 0 Å². The second kappa shape index (κ2) is 5.91. The summed E-state index contributed by atoms with van der Waals surface area (Å²) in [7, 11) is 0. The van der Waals surface area contributed by atoms with Crippen molar-refractivity contribution in [1.29, 1.82) is 0 Å². The average molecular weight is 264 g/mol. The molecule has 3 unspecified atom stereocenters. The van der Waals surface area contributed by atoms with Crippen LogP contribution in [0.1, 0.15) is 39.2 Å². The molecule has 2 N–H and O–H groups in total. The molecule has 2 nitrogen and oxygen atoms in total. The number of halogens is 1. The molecular weight excluding hydrogens is 239 g/mol. The Balaban J connectivity index is 2.30. The van der Waals surface area contributed by atoms with E-state index < -0.39 is 0 Å². The molecule has 0 spiro atoms. The maximum absolute atomic E-state index is 14.1. The van der Waals surface area contributed by atoms with Gasteiger partial charge in [0.2, 0.25) is 0 Å². The third kappa shape index (κ3) is 3.27. The molecular formula is C16H25FN2. The lowest BCUT2D eigenvalue weighted by molar-refractivity contribution is 0.376. The Hall–Kier alpha value is -1.09. The van der Waals surface area contributed by atoms with Crippen LogP contribution in [0.25, 0.3) is 0 Å². The molecule has 1 aliphatic rings. The van der Waals surface area contributed by atoms with E-state index in [1.54, 1.807) is 12.1 Å². The summed E-state index contributed by atoms with van der Waals surface area (Å²) in [6.45, 7) is 7.47. The van der Waals surface area contributed by atoms with Gasteiger partial charge < -0.3 is 10.6 Å². The molecule has 1 aromatic carbocycles. The third-order valence-electron chi connectivity index (χ3n) is 4.07. The third-order valence-corrected chi connectivity index (χ3v) is 4.07. The van der Waals surface area contributed by atoms with Crippen LogP contribution in [0.5, 0.6) is 0 Å². The minimum absolute atomic E-state index is 0.0188. The van der Waals surface area contributed by atoms with Crippen molar-refractivity contribution in [2.24, 2.45) is 11.7 Å². The first-order valence-corrected chi connectivity index (χ1v) is 7.28. The number of nitrogens with two attached hydrogens (primary N) is 1. The Bertz CT molecular complexity index is 431. The zero-order valence-corrected chi connectivity index (χ0v) is 12.2. The second-order valence-corrected chi connectivity index (χ2v) is 6.09. The number of anilines is 1. The molecule has 1 aliphatic heterocycles. The van der Waals surface area contributed by atoms with E-state index in [4.69, 9.17) is 5.73 Å². The number of piperidine rings is 1. The summed E-state index contributed by atoms with van der Waals surface area (Å²) in [5.41, 5.74) is 7.68. The van der Waals surface area contributed by atoms with Crippen molar-refractivity contribution < 1.29 is 4.39 Å². The first-order chi connectivity index (χ1) is 8.99. The first kappa shape index (κ1) is 14.3. The molecule has 2 rings (SSSR count). The van der Waals surface area contributed by atoms with E-state index in [0.717, 1.165) is 23.7 Å². The van der Waals surface area contributed by atoms with Gasteiger partial charge in [-0.3, -0.25) is 0 Å². The van der Waals surface area contributed by atoms with Gasteiger partial charge in [0, 0.05) is 29.9 Å². The molecule has 1 aromatic rings. The largest absolute Gasteiger partial charge is 0.369 e. The fraction of sp³-hybridized carbons (Fsp3) is 0.625. The molecule has 0 aromatic heterocycles. The minimum Gasteiger partial charge on any atom is -0.369 e. The van der Waals surface area contributed by atoms with Crippen molar-refractivity contribution in [1.82, 2.24) is 0 Å². The summed E-state index contributed by atoms with van der Waals surface area (Å²) >= 11 is 0. The lowest BCUT2D eigenvalue weighted by atomic mass is 9.91. The summed E-state index contributed by atoms with van der Waals surface area (Å²) in [4.78, 5) is 2.35. The Kier molecular flexibility index (Phi) is 4.46. The number of nitrogens with zero attached hydrogens (tertiary/aromatic N) is 1. The van der Waals surface area contributed by atoms with Crippen LogP contribution in [0.15, 0.2) is 18.2 Å². The molecule has 0 radical (unpaired) electrons. The van der Waals surface area contributed by atoms with Gasteiger partial charge in [0.05, 0.1) is 0 Å². The van der Waals surface area contributed by atoms with E-state index in [-0.39, 0.29) is 11.9 Å². The van der Waals surface area contributed by atoms with Crippen LogP contribution in [0.4, 0.5) is 10.1 Å². The zero-order chi connectivity index (χ0) is 14.0. The van der Waals surface area contributed by atoms with Crippen molar-refractivity contribution in [3.63, 3.8) is 0 Å². The number of benzene rings is 1. The summed E-state index contributed by atoms with van der Waals surface area (Å²) in [5, 5.41) is 0. The van der Waals surface area contributed by atoms with Crippen LogP contribution in [0, 0.1) is 11.7 Å². The maximum Gasteiger partial charge on any atom is 0.128 e. The first-order valence-electron chi connectivity index (χ1n) is 7.28. The van der Waals surface area contributed by atoms with E-state index in [0.29, 0.717) is 12.5 Å². The van der Waals surface area contributed by atoms with Crippen LogP contribution in [-0.4, -0.2) is 18.6 Å². The van der Waals surface area contributed by atoms with Gasteiger partial charge in [0.1, 0.15) is 5.82 Å². The number of rotatable bonds is 3. The standard InChI is InChI=1S/C16H25FN2/c1-11-7-8-19(13(3)9-11)16-6-4-5-15(17)14(16)10-12(2)18/h4-6,11-13H,7-10,18H2,1-3H3. The van der Waals surface area contributed by atoms with Gasteiger partial charge in [0.25, 0.3) is 0 Å².